The van der Waals surface area contributed by atoms with Crippen molar-refractivity contribution in [1.82, 2.24) is 9.78 Å². The smallest absolute Gasteiger partial charge is 0.224 e. The van der Waals surface area contributed by atoms with Crippen molar-refractivity contribution in [3.8, 4) is 5.69 Å². The molecule has 1 atom stereocenters. The van der Waals surface area contributed by atoms with E-state index in [0.717, 1.165) is 15.1 Å². The molecule has 3 rings (SSSR count). The topological polar surface area (TPSA) is 64.0 Å². The van der Waals surface area contributed by atoms with Gasteiger partial charge >= 0.3 is 0 Å². The third-order valence-electron chi connectivity index (χ3n) is 3.70. The van der Waals surface area contributed by atoms with Crippen molar-refractivity contribution in [3.05, 3.63) is 71.5 Å². The molecule has 0 saturated carbocycles. The number of para-hydroxylation sites is 1. The number of hydrogen-bond donors (Lipinski definition) is 1. The fourth-order valence-electron chi connectivity index (χ4n) is 2.40. The fourth-order valence-corrected chi connectivity index (χ4v) is 3.75. The Kier molecular flexibility index (Phi) is 6.35. The number of halogens is 1. The summed E-state index contributed by atoms with van der Waals surface area (Å²) in [6.45, 7) is 0. The van der Waals surface area contributed by atoms with Crippen LogP contribution in [0.5, 0.6) is 0 Å². The van der Waals surface area contributed by atoms with Gasteiger partial charge in [0.15, 0.2) is 0 Å². The predicted octanol–water partition coefficient (Wildman–Crippen LogP) is 4.16. The van der Waals surface area contributed by atoms with Gasteiger partial charge in [-0.3, -0.25) is 9.00 Å². The Morgan fingerprint density at radius 3 is 2.58 bits per heavy atom. The third kappa shape index (κ3) is 5.12. The molecule has 26 heavy (non-hydrogen) atoms. The molecule has 134 valence electrons. The number of hydrogen-bond acceptors (Lipinski definition) is 3. The van der Waals surface area contributed by atoms with Gasteiger partial charge in [-0.1, -0.05) is 34.1 Å². The maximum absolute atomic E-state index is 12.2. The highest BCUT2D eigenvalue weighted by Gasteiger charge is 2.08. The SMILES string of the molecule is O=C(CCCS(=O)c1ccc(Br)cc1)Nc1cnn(-c2ccccc2)c1. The Morgan fingerprint density at radius 1 is 1.12 bits per heavy atom. The highest BCUT2D eigenvalue weighted by atomic mass is 79.9. The standard InChI is InChI=1S/C19H18BrN3O2S/c20-15-8-10-18(11-9-15)26(25)12-4-7-19(24)22-16-13-21-23(14-16)17-5-2-1-3-6-17/h1-3,5-6,8-11,13-14H,4,7,12H2,(H,22,24). The van der Waals surface area contributed by atoms with E-state index in [2.05, 4.69) is 26.3 Å². The molecular formula is C19H18BrN3O2S. The minimum absolute atomic E-state index is 0.106. The third-order valence-corrected chi connectivity index (χ3v) is 5.68. The summed E-state index contributed by atoms with van der Waals surface area (Å²) >= 11 is 3.36. The van der Waals surface area contributed by atoms with Crippen molar-refractivity contribution in [2.45, 2.75) is 17.7 Å². The molecule has 1 unspecified atom stereocenters. The predicted molar refractivity (Wildman–Crippen MR) is 107 cm³/mol. The summed E-state index contributed by atoms with van der Waals surface area (Å²) in [6.07, 6.45) is 4.26. The molecule has 1 heterocycles. The van der Waals surface area contributed by atoms with Crippen LogP contribution in [-0.4, -0.2) is 25.6 Å². The lowest BCUT2D eigenvalue weighted by atomic mass is 10.3. The maximum atomic E-state index is 12.2. The number of carbonyl (C=O) groups excluding carboxylic acids is 1. The Labute approximate surface area is 163 Å². The molecule has 0 saturated heterocycles. The average molecular weight is 432 g/mol. The number of rotatable bonds is 7. The summed E-state index contributed by atoms with van der Waals surface area (Å²) < 4.78 is 14.9. The number of aromatic nitrogens is 2. The minimum atomic E-state index is -1.09. The normalized spacial score (nSPS) is 11.9. The maximum Gasteiger partial charge on any atom is 0.224 e. The first-order valence-electron chi connectivity index (χ1n) is 8.16. The molecule has 0 spiro atoms. The number of amides is 1. The van der Waals surface area contributed by atoms with Crippen LogP contribution < -0.4 is 5.32 Å². The van der Waals surface area contributed by atoms with Crippen LogP contribution in [-0.2, 0) is 15.6 Å². The van der Waals surface area contributed by atoms with Crippen molar-refractivity contribution in [2.24, 2.45) is 0 Å². The van der Waals surface area contributed by atoms with Gasteiger partial charge in [0.1, 0.15) is 0 Å². The second-order valence-electron chi connectivity index (χ2n) is 5.66. The van der Waals surface area contributed by atoms with E-state index in [1.165, 1.54) is 0 Å². The molecule has 5 nitrogen and oxygen atoms in total. The summed E-state index contributed by atoms with van der Waals surface area (Å²) in [5.74, 6) is 0.351. The van der Waals surface area contributed by atoms with E-state index in [-0.39, 0.29) is 5.91 Å². The van der Waals surface area contributed by atoms with E-state index < -0.39 is 10.8 Å². The lowest BCUT2D eigenvalue weighted by Gasteiger charge is -2.04. The molecule has 0 aliphatic heterocycles. The molecule has 1 N–H and O–H groups in total. The van der Waals surface area contributed by atoms with Gasteiger partial charge in [0.25, 0.3) is 0 Å². The van der Waals surface area contributed by atoms with E-state index in [1.54, 1.807) is 17.1 Å². The first-order valence-corrected chi connectivity index (χ1v) is 10.3. The largest absolute Gasteiger partial charge is 0.323 e. The van der Waals surface area contributed by atoms with E-state index in [9.17, 15) is 9.00 Å². The van der Waals surface area contributed by atoms with Gasteiger partial charge in [-0.2, -0.15) is 5.10 Å². The molecule has 1 aromatic heterocycles. The second kappa shape index (κ2) is 8.91. The molecule has 0 aliphatic rings. The number of nitrogens with zero attached hydrogens (tertiary/aromatic N) is 2. The van der Waals surface area contributed by atoms with Crippen molar-refractivity contribution in [3.63, 3.8) is 0 Å². The molecule has 0 bridgehead atoms. The molecule has 0 aliphatic carbocycles. The van der Waals surface area contributed by atoms with Crippen LogP contribution in [0.25, 0.3) is 5.69 Å². The fraction of sp³-hybridized carbons (Fsp3) is 0.158. The lowest BCUT2D eigenvalue weighted by molar-refractivity contribution is -0.116. The lowest BCUT2D eigenvalue weighted by Crippen LogP contribution is -2.12. The number of nitrogens with one attached hydrogen (secondary N) is 1. The Morgan fingerprint density at radius 2 is 1.85 bits per heavy atom. The van der Waals surface area contributed by atoms with E-state index in [0.29, 0.717) is 24.3 Å². The van der Waals surface area contributed by atoms with Gasteiger partial charge in [0.2, 0.25) is 5.91 Å². The molecule has 1 amide bonds. The molecule has 0 fully saturated rings. The first-order chi connectivity index (χ1) is 12.6. The van der Waals surface area contributed by atoms with Crippen LogP contribution >= 0.6 is 15.9 Å². The second-order valence-corrected chi connectivity index (χ2v) is 8.15. The zero-order valence-electron chi connectivity index (χ0n) is 14.0. The van der Waals surface area contributed by atoms with Crippen LogP contribution in [0, 0.1) is 0 Å². The van der Waals surface area contributed by atoms with Gasteiger partial charge < -0.3 is 5.32 Å². The highest BCUT2D eigenvalue weighted by molar-refractivity contribution is 9.10. The van der Waals surface area contributed by atoms with Crippen LogP contribution in [0.15, 0.2) is 76.4 Å². The van der Waals surface area contributed by atoms with Crippen LogP contribution in [0.4, 0.5) is 5.69 Å². The zero-order chi connectivity index (χ0) is 18.4. The quantitative estimate of drug-likeness (QED) is 0.610. The molecular weight excluding hydrogens is 414 g/mol. The average Bonchev–Trinajstić information content (AvgIpc) is 3.11. The highest BCUT2D eigenvalue weighted by Crippen LogP contribution is 2.15. The summed E-state index contributed by atoms with van der Waals surface area (Å²) in [4.78, 5) is 12.8. The zero-order valence-corrected chi connectivity index (χ0v) is 16.4. The van der Waals surface area contributed by atoms with E-state index in [1.807, 2.05) is 54.6 Å². The van der Waals surface area contributed by atoms with Gasteiger partial charge in [-0.25, -0.2) is 4.68 Å². The number of benzene rings is 2. The molecule has 2 aromatic carbocycles. The first kappa shape index (κ1) is 18.5. The summed E-state index contributed by atoms with van der Waals surface area (Å²) in [5.41, 5.74) is 1.57. The van der Waals surface area contributed by atoms with Gasteiger partial charge in [-0.05, 0) is 42.8 Å². The van der Waals surface area contributed by atoms with Crippen molar-refractivity contribution < 1.29 is 9.00 Å². The Bertz CT molecular complexity index is 895. The Hall–Kier alpha value is -2.25. The van der Waals surface area contributed by atoms with Crippen molar-refractivity contribution >= 4 is 38.3 Å². The van der Waals surface area contributed by atoms with Crippen LogP contribution in [0.3, 0.4) is 0 Å². The molecule has 3 aromatic rings. The summed E-state index contributed by atoms with van der Waals surface area (Å²) in [5, 5.41) is 7.07. The molecule has 0 radical (unpaired) electrons. The Balaban J connectivity index is 1.46. The van der Waals surface area contributed by atoms with Gasteiger partial charge in [0, 0.05) is 21.5 Å². The number of carbonyl (C=O) groups is 1. The summed E-state index contributed by atoms with van der Waals surface area (Å²) in [6, 6.07) is 17.1. The van der Waals surface area contributed by atoms with E-state index in [4.69, 9.17) is 0 Å². The van der Waals surface area contributed by atoms with Crippen molar-refractivity contribution in [2.75, 3.05) is 11.1 Å². The number of anilines is 1. The summed E-state index contributed by atoms with van der Waals surface area (Å²) in [7, 11) is -1.09. The minimum Gasteiger partial charge on any atom is -0.323 e. The van der Waals surface area contributed by atoms with Crippen molar-refractivity contribution in [1.29, 1.82) is 0 Å². The van der Waals surface area contributed by atoms with Gasteiger partial charge in [-0.15, -0.1) is 0 Å². The monoisotopic (exact) mass is 431 g/mol. The van der Waals surface area contributed by atoms with Crippen LogP contribution in [0.2, 0.25) is 0 Å². The van der Waals surface area contributed by atoms with E-state index >= 15 is 0 Å². The molecule has 7 heteroatoms. The van der Waals surface area contributed by atoms with Gasteiger partial charge in [0.05, 0.1) is 34.6 Å². The van der Waals surface area contributed by atoms with Crippen LogP contribution in [0.1, 0.15) is 12.8 Å².